The Balaban J connectivity index is 2.47. The van der Waals surface area contributed by atoms with Crippen molar-refractivity contribution in [3.8, 4) is 11.5 Å². The average Bonchev–Trinajstić information content (AvgIpc) is 2.50. The minimum Gasteiger partial charge on any atom is -0.493 e. The van der Waals surface area contributed by atoms with Gasteiger partial charge < -0.3 is 20.1 Å². The first-order valence-corrected chi connectivity index (χ1v) is 6.89. The lowest BCUT2D eigenvalue weighted by molar-refractivity contribution is -0.121. The maximum atomic E-state index is 12.0. The largest absolute Gasteiger partial charge is 0.493 e. The highest BCUT2D eigenvalue weighted by Gasteiger charge is 2.10. The first-order chi connectivity index (χ1) is 10.1. The second-order valence-corrected chi connectivity index (χ2v) is 4.43. The van der Waals surface area contributed by atoms with Crippen LogP contribution in [0.1, 0.15) is 30.1 Å². The Labute approximate surface area is 124 Å². The van der Waals surface area contributed by atoms with Gasteiger partial charge in [0.1, 0.15) is 0 Å². The van der Waals surface area contributed by atoms with Gasteiger partial charge in [0.05, 0.1) is 14.2 Å². The van der Waals surface area contributed by atoms with Crippen molar-refractivity contribution in [1.82, 2.24) is 10.6 Å². The van der Waals surface area contributed by atoms with Crippen molar-refractivity contribution < 1.29 is 19.1 Å². The smallest absolute Gasteiger partial charge is 0.251 e. The Morgan fingerprint density at radius 1 is 1.05 bits per heavy atom. The number of hydrogen-bond donors (Lipinski definition) is 2. The normalized spacial score (nSPS) is 9.86. The van der Waals surface area contributed by atoms with Crippen molar-refractivity contribution in [3.63, 3.8) is 0 Å². The molecule has 6 nitrogen and oxygen atoms in total. The average molecular weight is 294 g/mol. The molecule has 0 aromatic heterocycles. The minimum atomic E-state index is -0.222. The van der Waals surface area contributed by atoms with E-state index in [4.69, 9.17) is 9.47 Å². The summed E-state index contributed by atoms with van der Waals surface area (Å²) in [7, 11) is 3.05. The van der Waals surface area contributed by atoms with E-state index in [1.165, 1.54) is 14.2 Å². The summed E-state index contributed by atoms with van der Waals surface area (Å²) in [4.78, 5) is 23.2. The molecule has 21 heavy (non-hydrogen) atoms. The van der Waals surface area contributed by atoms with Gasteiger partial charge in [-0.2, -0.15) is 0 Å². The molecule has 0 aliphatic rings. The first-order valence-electron chi connectivity index (χ1n) is 6.89. The topological polar surface area (TPSA) is 76.7 Å². The van der Waals surface area contributed by atoms with Crippen LogP contribution in [0.15, 0.2) is 18.2 Å². The standard InChI is InChI=1S/C15H22N2O4/c1-4-5-14(18)16-8-9-17-15(19)11-6-7-12(20-2)13(10-11)21-3/h6-7,10H,4-5,8-9H2,1-3H3,(H,16,18)(H,17,19). The molecule has 0 saturated heterocycles. The van der Waals surface area contributed by atoms with E-state index < -0.39 is 0 Å². The van der Waals surface area contributed by atoms with Crippen molar-refractivity contribution >= 4 is 11.8 Å². The zero-order valence-electron chi connectivity index (χ0n) is 12.7. The van der Waals surface area contributed by atoms with E-state index in [0.717, 1.165) is 6.42 Å². The number of nitrogens with one attached hydrogen (secondary N) is 2. The predicted molar refractivity (Wildman–Crippen MR) is 79.8 cm³/mol. The molecule has 116 valence electrons. The van der Waals surface area contributed by atoms with E-state index in [0.29, 0.717) is 36.6 Å². The maximum absolute atomic E-state index is 12.0. The lowest BCUT2D eigenvalue weighted by Crippen LogP contribution is -2.34. The summed E-state index contributed by atoms with van der Waals surface area (Å²) in [5.41, 5.74) is 0.479. The van der Waals surface area contributed by atoms with Gasteiger partial charge in [-0.05, 0) is 24.6 Å². The van der Waals surface area contributed by atoms with E-state index >= 15 is 0 Å². The van der Waals surface area contributed by atoms with E-state index in [2.05, 4.69) is 10.6 Å². The predicted octanol–water partition coefficient (Wildman–Crippen LogP) is 1.35. The number of benzene rings is 1. The highest BCUT2D eigenvalue weighted by Crippen LogP contribution is 2.27. The molecule has 2 N–H and O–H groups in total. The molecule has 0 spiro atoms. The molecule has 1 aromatic rings. The zero-order valence-corrected chi connectivity index (χ0v) is 12.7. The lowest BCUT2D eigenvalue weighted by atomic mass is 10.2. The monoisotopic (exact) mass is 294 g/mol. The fourth-order valence-electron chi connectivity index (χ4n) is 1.77. The highest BCUT2D eigenvalue weighted by atomic mass is 16.5. The lowest BCUT2D eigenvalue weighted by Gasteiger charge is -2.10. The van der Waals surface area contributed by atoms with Gasteiger partial charge in [-0.1, -0.05) is 6.92 Å². The van der Waals surface area contributed by atoms with Crippen molar-refractivity contribution in [2.45, 2.75) is 19.8 Å². The molecule has 0 heterocycles. The third kappa shape index (κ3) is 5.33. The molecular formula is C15H22N2O4. The Hall–Kier alpha value is -2.24. The second-order valence-electron chi connectivity index (χ2n) is 4.43. The molecule has 6 heteroatoms. The Bertz CT molecular complexity index is 489. The van der Waals surface area contributed by atoms with Gasteiger partial charge in [-0.15, -0.1) is 0 Å². The summed E-state index contributed by atoms with van der Waals surface area (Å²) < 4.78 is 10.3. The fraction of sp³-hybridized carbons (Fsp3) is 0.467. The summed E-state index contributed by atoms with van der Waals surface area (Å²) in [6.07, 6.45) is 1.31. The SMILES string of the molecule is CCCC(=O)NCCNC(=O)c1ccc(OC)c(OC)c1. The van der Waals surface area contributed by atoms with Crippen LogP contribution in [-0.4, -0.2) is 39.1 Å². The third-order valence-electron chi connectivity index (χ3n) is 2.86. The summed E-state index contributed by atoms with van der Waals surface area (Å²) in [5, 5.41) is 5.47. The van der Waals surface area contributed by atoms with Crippen LogP contribution in [0.4, 0.5) is 0 Å². The highest BCUT2D eigenvalue weighted by molar-refractivity contribution is 5.94. The molecule has 1 rings (SSSR count). The minimum absolute atomic E-state index is 0.00198. The number of amides is 2. The van der Waals surface area contributed by atoms with Gasteiger partial charge in [0, 0.05) is 25.1 Å². The number of rotatable bonds is 8. The molecule has 0 unspecified atom stereocenters. The molecular weight excluding hydrogens is 272 g/mol. The van der Waals surface area contributed by atoms with E-state index in [9.17, 15) is 9.59 Å². The Kier molecular flexibility index (Phi) is 7.08. The number of carbonyl (C=O) groups excluding carboxylic acids is 2. The summed E-state index contributed by atoms with van der Waals surface area (Å²) in [5.74, 6) is 0.848. The van der Waals surface area contributed by atoms with Crippen LogP contribution in [0.2, 0.25) is 0 Å². The quantitative estimate of drug-likeness (QED) is 0.710. The molecule has 0 saturated carbocycles. The fourth-order valence-corrected chi connectivity index (χ4v) is 1.77. The van der Waals surface area contributed by atoms with Crippen LogP contribution in [0.25, 0.3) is 0 Å². The van der Waals surface area contributed by atoms with Gasteiger partial charge in [0.15, 0.2) is 11.5 Å². The maximum Gasteiger partial charge on any atom is 0.251 e. The van der Waals surface area contributed by atoms with Crippen molar-refractivity contribution in [2.75, 3.05) is 27.3 Å². The van der Waals surface area contributed by atoms with E-state index in [1.807, 2.05) is 6.92 Å². The van der Waals surface area contributed by atoms with Gasteiger partial charge in [0.25, 0.3) is 5.91 Å². The number of ether oxygens (including phenoxy) is 2. The second kappa shape index (κ2) is 8.84. The number of carbonyl (C=O) groups is 2. The van der Waals surface area contributed by atoms with Gasteiger partial charge in [-0.3, -0.25) is 9.59 Å². The van der Waals surface area contributed by atoms with Crippen LogP contribution < -0.4 is 20.1 Å². The molecule has 1 aromatic carbocycles. The molecule has 0 aliphatic heterocycles. The molecule has 0 radical (unpaired) electrons. The molecule has 2 amide bonds. The van der Waals surface area contributed by atoms with Crippen molar-refractivity contribution in [1.29, 1.82) is 0 Å². The Morgan fingerprint density at radius 3 is 2.33 bits per heavy atom. The first kappa shape index (κ1) is 16.8. The Morgan fingerprint density at radius 2 is 1.71 bits per heavy atom. The van der Waals surface area contributed by atoms with E-state index in [1.54, 1.807) is 18.2 Å². The van der Waals surface area contributed by atoms with Crippen LogP contribution in [0.3, 0.4) is 0 Å². The third-order valence-corrected chi connectivity index (χ3v) is 2.86. The summed E-state index contributed by atoms with van der Waals surface area (Å²) >= 11 is 0. The van der Waals surface area contributed by atoms with Crippen molar-refractivity contribution in [2.24, 2.45) is 0 Å². The number of hydrogen-bond acceptors (Lipinski definition) is 4. The van der Waals surface area contributed by atoms with Crippen molar-refractivity contribution in [3.05, 3.63) is 23.8 Å². The van der Waals surface area contributed by atoms with Crippen LogP contribution in [0.5, 0.6) is 11.5 Å². The number of methoxy groups -OCH3 is 2. The van der Waals surface area contributed by atoms with Gasteiger partial charge in [0.2, 0.25) is 5.91 Å². The van der Waals surface area contributed by atoms with Crippen LogP contribution >= 0.6 is 0 Å². The zero-order chi connectivity index (χ0) is 15.7. The molecule has 0 bridgehead atoms. The van der Waals surface area contributed by atoms with Gasteiger partial charge >= 0.3 is 0 Å². The molecule has 0 fully saturated rings. The van der Waals surface area contributed by atoms with Crippen LogP contribution in [0, 0.1) is 0 Å². The van der Waals surface area contributed by atoms with Gasteiger partial charge in [-0.25, -0.2) is 0 Å². The molecule has 0 aliphatic carbocycles. The van der Waals surface area contributed by atoms with Crippen LogP contribution in [-0.2, 0) is 4.79 Å². The summed E-state index contributed by atoms with van der Waals surface area (Å²) in [6.45, 7) is 2.74. The molecule has 0 atom stereocenters. The summed E-state index contributed by atoms with van der Waals surface area (Å²) in [6, 6.07) is 4.95. The van der Waals surface area contributed by atoms with E-state index in [-0.39, 0.29) is 11.8 Å².